The van der Waals surface area contributed by atoms with Gasteiger partial charge in [-0.15, -0.1) is 0 Å². The predicted octanol–water partition coefficient (Wildman–Crippen LogP) is 4.86. The molecule has 0 unspecified atom stereocenters. The van der Waals surface area contributed by atoms with Gasteiger partial charge in [-0.1, -0.05) is 54.1 Å². The number of allylic oxidation sites excluding steroid dienone is 1. The molecule has 3 aromatic rings. The molecule has 1 aliphatic heterocycles. The number of aromatic nitrogens is 1. The zero-order chi connectivity index (χ0) is 19.8. The Morgan fingerprint density at radius 1 is 1.11 bits per heavy atom. The number of amides is 1. The van der Waals surface area contributed by atoms with Gasteiger partial charge in [0.05, 0.1) is 5.88 Å². The fourth-order valence-electron chi connectivity index (χ4n) is 3.86. The molecule has 28 heavy (non-hydrogen) atoms. The molecule has 1 aliphatic rings. The van der Waals surface area contributed by atoms with Crippen molar-refractivity contribution in [3.05, 3.63) is 82.9 Å². The first kappa shape index (κ1) is 18.7. The highest BCUT2D eigenvalue weighted by molar-refractivity contribution is 8.33. The molecule has 0 aliphatic carbocycles. The zero-order valence-electron chi connectivity index (χ0n) is 16.4. The van der Waals surface area contributed by atoms with E-state index in [9.17, 15) is 9.00 Å². The van der Waals surface area contributed by atoms with Gasteiger partial charge in [0.2, 0.25) is 0 Å². The molecule has 1 amide bonds. The van der Waals surface area contributed by atoms with E-state index in [0.29, 0.717) is 18.7 Å². The first-order valence-corrected chi connectivity index (χ1v) is 11.9. The van der Waals surface area contributed by atoms with Crippen LogP contribution in [0.5, 0.6) is 0 Å². The topological polar surface area (TPSA) is 51.1 Å². The molecule has 0 radical (unpaired) electrons. The average Bonchev–Trinajstić information content (AvgIpc) is 3.23. The van der Waals surface area contributed by atoms with Crippen LogP contribution in [0.15, 0.2) is 66.1 Å². The van der Waals surface area contributed by atoms with Gasteiger partial charge in [0.25, 0.3) is 5.24 Å². The van der Waals surface area contributed by atoms with E-state index < -0.39 is 9.07 Å². The molecular formula is C23H26N2O2S. The molecule has 0 bridgehead atoms. The van der Waals surface area contributed by atoms with Crippen molar-refractivity contribution < 1.29 is 9.00 Å². The smallest absolute Gasteiger partial charge is 0.293 e. The van der Waals surface area contributed by atoms with Crippen molar-refractivity contribution in [2.45, 2.75) is 32.7 Å². The van der Waals surface area contributed by atoms with Crippen LogP contribution in [0.2, 0.25) is 0 Å². The summed E-state index contributed by atoms with van der Waals surface area (Å²) < 4.78 is 16.3. The van der Waals surface area contributed by atoms with Crippen LogP contribution in [0.4, 0.5) is 4.79 Å². The number of carbonyl (C=O) groups is 1. The highest BCUT2D eigenvalue weighted by Crippen LogP contribution is 2.38. The molecule has 5 heteroatoms. The van der Waals surface area contributed by atoms with Gasteiger partial charge >= 0.3 is 0 Å². The Labute approximate surface area is 165 Å². The second kappa shape index (κ2) is 6.74. The van der Waals surface area contributed by atoms with Gasteiger partial charge in [-0.25, -0.2) is 0 Å². The number of para-hydroxylation sites is 1. The summed E-state index contributed by atoms with van der Waals surface area (Å²) in [6.45, 7) is 4.42. The lowest BCUT2D eigenvalue weighted by Gasteiger charge is -2.35. The van der Waals surface area contributed by atoms with E-state index in [1.165, 1.54) is 5.56 Å². The summed E-state index contributed by atoms with van der Waals surface area (Å²) in [5, 5.41) is 5.40. The van der Waals surface area contributed by atoms with Crippen LogP contribution in [0.25, 0.3) is 10.9 Å². The number of nitrogens with zero attached hydrogens (tertiary/aromatic N) is 1. The fourth-order valence-corrected chi connectivity index (χ4v) is 7.20. The van der Waals surface area contributed by atoms with Crippen LogP contribution < -0.4 is 5.32 Å². The molecule has 146 valence electrons. The Kier molecular flexibility index (Phi) is 4.50. The van der Waals surface area contributed by atoms with Crippen molar-refractivity contribution in [3.8, 4) is 0 Å². The molecule has 1 N–H and O–H groups in total. The zero-order valence-corrected chi connectivity index (χ0v) is 17.2. The van der Waals surface area contributed by atoms with Crippen molar-refractivity contribution >= 4 is 25.2 Å². The van der Waals surface area contributed by atoms with Gasteiger partial charge in [0.15, 0.2) is 0 Å². The Bertz CT molecular complexity index is 1140. The summed E-state index contributed by atoms with van der Waals surface area (Å²) >= 11 is 0. The second-order valence-corrected chi connectivity index (χ2v) is 11.8. The lowest BCUT2D eigenvalue weighted by atomic mass is 10.1. The third-order valence-electron chi connectivity index (χ3n) is 5.58. The van der Waals surface area contributed by atoms with E-state index in [1.807, 2.05) is 73.0 Å². The average molecular weight is 395 g/mol. The van der Waals surface area contributed by atoms with E-state index in [4.69, 9.17) is 0 Å². The Morgan fingerprint density at radius 2 is 1.86 bits per heavy atom. The largest absolute Gasteiger partial charge is 0.342 e. The number of aryl methyl sites for hydroxylation is 2. The summed E-state index contributed by atoms with van der Waals surface area (Å²) in [6.07, 6.45) is 2.56. The molecule has 2 heterocycles. The van der Waals surface area contributed by atoms with Crippen molar-refractivity contribution in [2.75, 3.05) is 5.75 Å². The van der Waals surface area contributed by atoms with Crippen molar-refractivity contribution in [1.29, 1.82) is 0 Å². The maximum absolute atomic E-state index is 14.3. The fraction of sp³-hybridized carbons (Fsp3) is 0.261. The Morgan fingerprint density at radius 3 is 2.57 bits per heavy atom. The highest BCUT2D eigenvalue weighted by atomic mass is 32.3. The van der Waals surface area contributed by atoms with Gasteiger partial charge in [-0.3, -0.25) is 9.00 Å². The first-order valence-electron chi connectivity index (χ1n) is 9.58. The number of benzene rings is 2. The predicted molar refractivity (Wildman–Crippen MR) is 117 cm³/mol. The van der Waals surface area contributed by atoms with Crippen molar-refractivity contribution in [2.24, 2.45) is 0 Å². The lowest BCUT2D eigenvalue weighted by Crippen LogP contribution is -2.49. The quantitative estimate of drug-likeness (QED) is 0.687. The van der Waals surface area contributed by atoms with Crippen molar-refractivity contribution in [1.82, 2.24) is 9.88 Å². The SMILES string of the molecule is Cc1ccc(CNC(=O)S2(=O)(Cn3c(C)cc4ccccc43)C=CCC2)cc1. The number of rotatable bonds is 4. The molecule has 0 saturated heterocycles. The van der Waals surface area contributed by atoms with Gasteiger partial charge in [0, 0.05) is 32.6 Å². The minimum Gasteiger partial charge on any atom is -0.342 e. The summed E-state index contributed by atoms with van der Waals surface area (Å²) in [7, 11) is -3.67. The van der Waals surface area contributed by atoms with Gasteiger partial charge in [-0.2, -0.15) is 0 Å². The normalized spacial score (nSPS) is 18.6. The molecule has 0 atom stereocenters. The van der Waals surface area contributed by atoms with Gasteiger partial charge < -0.3 is 9.88 Å². The van der Waals surface area contributed by atoms with Crippen LogP contribution in [0.1, 0.15) is 23.2 Å². The number of hydrogen-bond acceptors (Lipinski definition) is 2. The third-order valence-corrected chi connectivity index (χ3v) is 9.39. The molecule has 4 rings (SSSR count). The molecule has 1 aromatic heterocycles. The summed E-state index contributed by atoms with van der Waals surface area (Å²) in [5.41, 5.74) is 4.21. The van der Waals surface area contributed by atoms with Crippen LogP contribution in [-0.4, -0.2) is 19.8 Å². The van der Waals surface area contributed by atoms with E-state index >= 15 is 0 Å². The van der Waals surface area contributed by atoms with E-state index in [0.717, 1.165) is 22.2 Å². The third kappa shape index (κ3) is 3.20. The maximum atomic E-state index is 14.3. The minimum atomic E-state index is -3.67. The number of nitrogens with one attached hydrogen (secondary N) is 1. The summed E-state index contributed by atoms with van der Waals surface area (Å²) in [4.78, 5) is 13.3. The molecule has 0 saturated carbocycles. The van der Waals surface area contributed by atoms with E-state index in [2.05, 4.69) is 11.4 Å². The highest BCUT2D eigenvalue weighted by Gasteiger charge is 2.45. The number of fused-ring (bicyclic) bond motifs is 1. The molecule has 0 fully saturated rings. The maximum Gasteiger partial charge on any atom is 0.293 e. The van der Waals surface area contributed by atoms with E-state index in [-0.39, 0.29) is 11.1 Å². The monoisotopic (exact) mass is 394 g/mol. The second-order valence-electron chi connectivity index (χ2n) is 7.75. The van der Waals surface area contributed by atoms with Crippen molar-refractivity contribution in [3.63, 3.8) is 0 Å². The Hall–Kier alpha value is -2.66. The molecular weight excluding hydrogens is 368 g/mol. The van der Waals surface area contributed by atoms with Crippen LogP contribution in [0, 0.1) is 13.8 Å². The summed E-state index contributed by atoms with van der Waals surface area (Å²) in [5.74, 6) is 0.579. The molecule has 2 aromatic carbocycles. The van der Waals surface area contributed by atoms with Crippen LogP contribution >= 0.6 is 0 Å². The summed E-state index contributed by atoms with van der Waals surface area (Å²) in [6, 6.07) is 18.1. The van der Waals surface area contributed by atoms with Crippen LogP contribution in [-0.2, 0) is 21.5 Å². The first-order chi connectivity index (χ1) is 13.4. The minimum absolute atomic E-state index is 0.201. The molecule has 4 nitrogen and oxygen atoms in total. The lowest BCUT2D eigenvalue weighted by molar-refractivity contribution is 0.258. The number of carbonyl (C=O) groups excluding carboxylic acids is 1. The Balaban J connectivity index is 1.65. The number of hydrogen-bond donors (Lipinski definition) is 1. The van der Waals surface area contributed by atoms with E-state index in [1.54, 1.807) is 5.41 Å². The van der Waals surface area contributed by atoms with Crippen LogP contribution in [0.3, 0.4) is 0 Å². The molecule has 0 spiro atoms. The standard InChI is InChI=1S/C23H26N2O2S/c1-18-9-11-20(12-10-18)16-24-23(26)28(27,13-5-6-14-28)17-25-19(2)15-21-7-3-4-8-22(21)25/h3-5,7-13,15H,6,14,16-17H2,1-2H3,(H,24,26). The van der Waals surface area contributed by atoms with Gasteiger partial charge in [-0.05, 0) is 48.8 Å². The van der Waals surface area contributed by atoms with Gasteiger partial charge in [0.1, 0.15) is 0 Å².